The zero-order valence-corrected chi connectivity index (χ0v) is 20.5. The number of aromatic nitrogens is 3. The summed E-state index contributed by atoms with van der Waals surface area (Å²) >= 11 is 1.41. The van der Waals surface area contributed by atoms with E-state index in [4.69, 9.17) is 9.47 Å². The van der Waals surface area contributed by atoms with Crippen LogP contribution in [0.2, 0.25) is 0 Å². The minimum absolute atomic E-state index is 0.0391. The first-order valence-electron chi connectivity index (χ1n) is 11.4. The van der Waals surface area contributed by atoms with Crippen molar-refractivity contribution in [1.29, 1.82) is 0 Å². The molecule has 0 unspecified atom stereocenters. The Morgan fingerprint density at radius 2 is 1.82 bits per heavy atom. The van der Waals surface area contributed by atoms with Crippen molar-refractivity contribution in [1.82, 2.24) is 19.7 Å². The van der Waals surface area contributed by atoms with Crippen LogP contribution in [0.4, 0.5) is 5.95 Å². The highest BCUT2D eigenvalue weighted by Gasteiger charge is 2.23. The molecule has 0 saturated carbocycles. The van der Waals surface area contributed by atoms with E-state index in [0.29, 0.717) is 38.1 Å². The summed E-state index contributed by atoms with van der Waals surface area (Å²) in [6.07, 6.45) is 0. The molecule has 8 nitrogen and oxygen atoms in total. The minimum atomic E-state index is 0.0391. The summed E-state index contributed by atoms with van der Waals surface area (Å²) in [5.41, 5.74) is 3.26. The Morgan fingerprint density at radius 3 is 2.53 bits per heavy atom. The molecule has 0 aliphatic carbocycles. The van der Waals surface area contributed by atoms with Crippen molar-refractivity contribution in [2.75, 3.05) is 57.2 Å². The maximum absolute atomic E-state index is 13.2. The molecule has 34 heavy (non-hydrogen) atoms. The molecule has 3 aromatic rings. The van der Waals surface area contributed by atoms with Crippen molar-refractivity contribution < 1.29 is 14.3 Å². The predicted octanol–water partition coefficient (Wildman–Crippen LogP) is 3.18. The number of nitrogens with zero attached hydrogens (tertiary/aromatic N) is 5. The molecule has 9 heteroatoms. The van der Waals surface area contributed by atoms with Crippen LogP contribution in [-0.4, -0.2) is 77.9 Å². The molecule has 4 rings (SSSR count). The van der Waals surface area contributed by atoms with Crippen molar-refractivity contribution in [3.05, 3.63) is 65.7 Å². The number of amides is 1. The van der Waals surface area contributed by atoms with Gasteiger partial charge in [-0.1, -0.05) is 59.8 Å². The number of hydrogen-bond acceptors (Lipinski definition) is 7. The number of aryl methyl sites for hydroxylation is 1. The number of carbonyl (C=O) groups is 1. The van der Waals surface area contributed by atoms with E-state index in [-0.39, 0.29) is 11.7 Å². The van der Waals surface area contributed by atoms with Crippen LogP contribution in [0, 0.1) is 6.92 Å². The lowest BCUT2D eigenvalue weighted by molar-refractivity contribution is -0.129. The van der Waals surface area contributed by atoms with Crippen LogP contribution in [0.1, 0.15) is 11.1 Å². The smallest absolute Gasteiger partial charge is 0.233 e. The van der Waals surface area contributed by atoms with Crippen molar-refractivity contribution in [2.45, 2.75) is 18.6 Å². The number of benzene rings is 2. The van der Waals surface area contributed by atoms with Gasteiger partial charge in [0.2, 0.25) is 11.9 Å². The Labute approximate surface area is 204 Å². The van der Waals surface area contributed by atoms with Gasteiger partial charge in [0.05, 0.1) is 31.3 Å². The van der Waals surface area contributed by atoms with Gasteiger partial charge < -0.3 is 19.3 Å². The average molecular weight is 482 g/mol. The van der Waals surface area contributed by atoms with Gasteiger partial charge in [-0.3, -0.25) is 9.36 Å². The fourth-order valence-electron chi connectivity index (χ4n) is 3.76. The van der Waals surface area contributed by atoms with E-state index in [1.165, 1.54) is 17.3 Å². The maximum Gasteiger partial charge on any atom is 0.233 e. The zero-order valence-electron chi connectivity index (χ0n) is 19.7. The Hall–Kier alpha value is -2.88. The highest BCUT2D eigenvalue weighted by Crippen LogP contribution is 2.27. The highest BCUT2D eigenvalue weighted by molar-refractivity contribution is 7.99. The molecule has 1 amide bonds. The first-order valence-corrected chi connectivity index (χ1v) is 12.4. The summed E-state index contributed by atoms with van der Waals surface area (Å²) in [5, 5.41) is 9.66. The molecule has 1 aliphatic heterocycles. The van der Waals surface area contributed by atoms with Crippen molar-refractivity contribution in [3.63, 3.8) is 0 Å². The number of thioether (sulfide) groups is 1. The van der Waals surface area contributed by atoms with E-state index in [0.717, 1.165) is 30.3 Å². The molecule has 0 N–H and O–H groups in total. The number of anilines is 1. The second-order valence-electron chi connectivity index (χ2n) is 8.14. The fraction of sp³-hybridized carbons (Fsp3) is 0.400. The summed E-state index contributed by atoms with van der Waals surface area (Å²) in [6, 6.07) is 18.3. The van der Waals surface area contributed by atoms with Gasteiger partial charge in [0, 0.05) is 33.3 Å². The van der Waals surface area contributed by atoms with E-state index in [1.54, 1.807) is 7.11 Å². The fourth-order valence-corrected chi connectivity index (χ4v) is 4.61. The Balaban J connectivity index is 1.53. The molecule has 180 valence electrons. The molecule has 0 atom stereocenters. The van der Waals surface area contributed by atoms with Crippen LogP contribution >= 0.6 is 11.8 Å². The summed E-state index contributed by atoms with van der Waals surface area (Å²) in [4.78, 5) is 17.2. The van der Waals surface area contributed by atoms with Gasteiger partial charge in [0.15, 0.2) is 5.16 Å². The SMILES string of the molecule is COCCN(Cc1ccccc1)C(=O)CSc1nnc(N2CCOCC2)n1-c1ccc(C)cc1. The largest absolute Gasteiger partial charge is 0.383 e. The third kappa shape index (κ3) is 6.16. The topological polar surface area (TPSA) is 72.7 Å². The predicted molar refractivity (Wildman–Crippen MR) is 134 cm³/mol. The Bertz CT molecular complexity index is 1050. The van der Waals surface area contributed by atoms with Crippen LogP contribution < -0.4 is 4.90 Å². The van der Waals surface area contributed by atoms with Crippen LogP contribution in [0.25, 0.3) is 5.69 Å². The van der Waals surface area contributed by atoms with Crippen molar-refractivity contribution >= 4 is 23.6 Å². The normalized spacial score (nSPS) is 13.8. The summed E-state index contributed by atoms with van der Waals surface area (Å²) in [5.74, 6) is 1.09. The third-order valence-electron chi connectivity index (χ3n) is 5.66. The van der Waals surface area contributed by atoms with E-state index in [2.05, 4.69) is 46.3 Å². The van der Waals surface area contributed by atoms with Crippen molar-refractivity contribution in [3.8, 4) is 5.69 Å². The van der Waals surface area contributed by atoms with Gasteiger partial charge in [-0.05, 0) is 24.6 Å². The number of carbonyl (C=O) groups excluding carboxylic acids is 1. The van der Waals surface area contributed by atoms with Gasteiger partial charge in [-0.2, -0.15) is 0 Å². The molecule has 2 aromatic carbocycles. The van der Waals surface area contributed by atoms with Gasteiger partial charge >= 0.3 is 0 Å². The molecule has 2 heterocycles. The second-order valence-corrected chi connectivity index (χ2v) is 9.08. The number of ether oxygens (including phenoxy) is 2. The lowest BCUT2D eigenvalue weighted by Gasteiger charge is -2.28. The number of hydrogen-bond donors (Lipinski definition) is 0. The van der Waals surface area contributed by atoms with Crippen LogP contribution in [0.3, 0.4) is 0 Å². The molecule has 0 bridgehead atoms. The molecular formula is C25H31N5O3S. The van der Waals surface area contributed by atoms with Gasteiger partial charge in [0.25, 0.3) is 0 Å². The zero-order chi connectivity index (χ0) is 23.8. The van der Waals surface area contributed by atoms with Crippen molar-refractivity contribution in [2.24, 2.45) is 0 Å². The standard InChI is InChI=1S/C25H31N5O3S/c1-20-8-10-22(11-9-20)30-24(28-13-16-33-17-14-28)26-27-25(30)34-19-23(31)29(12-15-32-2)18-21-6-4-3-5-7-21/h3-11H,12-19H2,1-2H3. The van der Waals surface area contributed by atoms with Crippen LogP contribution in [0.15, 0.2) is 59.8 Å². The monoisotopic (exact) mass is 481 g/mol. The van der Waals surface area contributed by atoms with E-state index in [1.807, 2.05) is 39.8 Å². The number of rotatable bonds is 10. The lowest BCUT2D eigenvalue weighted by atomic mass is 10.2. The molecule has 1 aliphatic rings. The Kier molecular flexibility index (Phi) is 8.56. The number of methoxy groups -OCH3 is 1. The molecular weight excluding hydrogens is 450 g/mol. The lowest BCUT2D eigenvalue weighted by Crippen LogP contribution is -2.38. The number of morpholine rings is 1. The van der Waals surface area contributed by atoms with E-state index in [9.17, 15) is 4.79 Å². The summed E-state index contributed by atoms with van der Waals surface area (Å²) < 4.78 is 12.8. The summed E-state index contributed by atoms with van der Waals surface area (Å²) in [7, 11) is 1.65. The van der Waals surface area contributed by atoms with E-state index >= 15 is 0 Å². The van der Waals surface area contributed by atoms with E-state index < -0.39 is 0 Å². The maximum atomic E-state index is 13.2. The quantitative estimate of drug-likeness (QED) is 0.412. The molecule has 1 fully saturated rings. The third-order valence-corrected chi connectivity index (χ3v) is 6.58. The minimum Gasteiger partial charge on any atom is -0.383 e. The van der Waals surface area contributed by atoms with Crippen LogP contribution in [-0.2, 0) is 20.8 Å². The van der Waals surface area contributed by atoms with Gasteiger partial charge in [0.1, 0.15) is 0 Å². The molecule has 0 radical (unpaired) electrons. The average Bonchev–Trinajstić information content (AvgIpc) is 3.30. The highest BCUT2D eigenvalue weighted by atomic mass is 32.2. The van der Waals surface area contributed by atoms with Gasteiger partial charge in [-0.15, -0.1) is 10.2 Å². The van der Waals surface area contributed by atoms with Gasteiger partial charge in [-0.25, -0.2) is 0 Å². The summed E-state index contributed by atoms with van der Waals surface area (Å²) in [6.45, 7) is 6.48. The second kappa shape index (κ2) is 12.0. The molecule has 0 spiro atoms. The molecule has 1 saturated heterocycles. The first-order chi connectivity index (χ1) is 16.7. The molecule has 1 aromatic heterocycles. The first kappa shape index (κ1) is 24.3. The Morgan fingerprint density at radius 1 is 1.09 bits per heavy atom. The van der Waals surface area contributed by atoms with Crippen LogP contribution in [0.5, 0.6) is 0 Å².